The van der Waals surface area contributed by atoms with Crippen LogP contribution < -0.4 is 10.6 Å². The van der Waals surface area contributed by atoms with Crippen LogP contribution in [0.1, 0.15) is 5.56 Å². The van der Waals surface area contributed by atoms with Gasteiger partial charge in [0.15, 0.2) is 5.82 Å². The van der Waals surface area contributed by atoms with Crippen molar-refractivity contribution >= 4 is 56.5 Å². The van der Waals surface area contributed by atoms with Gasteiger partial charge in [0.05, 0.1) is 10.0 Å². The van der Waals surface area contributed by atoms with E-state index in [0.717, 1.165) is 15.7 Å². The number of hydrogen-bond acceptors (Lipinski definition) is 3. The average Bonchev–Trinajstić information content (AvgIpc) is 2.37. The van der Waals surface area contributed by atoms with Crippen molar-refractivity contribution in [2.45, 2.75) is 6.92 Å². The molecule has 0 aliphatic carbocycles. The maximum atomic E-state index is 6.15. The highest BCUT2D eigenvalue weighted by Crippen LogP contribution is 2.32. The van der Waals surface area contributed by atoms with E-state index in [9.17, 15) is 0 Å². The van der Waals surface area contributed by atoms with E-state index in [1.165, 1.54) is 0 Å². The highest BCUT2D eigenvalue weighted by atomic mass is 79.9. The first kappa shape index (κ1) is 14.4. The lowest BCUT2D eigenvalue weighted by Gasteiger charge is -2.13. The fourth-order valence-corrected chi connectivity index (χ4v) is 2.45. The number of aryl methyl sites for hydroxylation is 1. The molecule has 0 spiro atoms. The SMILES string of the molecule is CNc1nc(Nc2cc(Br)ccc2C)c(Cl)cc1Cl. The van der Waals surface area contributed by atoms with E-state index in [2.05, 4.69) is 31.5 Å². The van der Waals surface area contributed by atoms with E-state index in [4.69, 9.17) is 23.2 Å². The molecule has 0 aliphatic heterocycles. The van der Waals surface area contributed by atoms with Crippen LogP contribution >= 0.6 is 39.1 Å². The average molecular weight is 361 g/mol. The molecule has 6 heteroatoms. The van der Waals surface area contributed by atoms with E-state index >= 15 is 0 Å². The summed E-state index contributed by atoms with van der Waals surface area (Å²) in [6.45, 7) is 2.01. The summed E-state index contributed by atoms with van der Waals surface area (Å²) in [6.07, 6.45) is 0. The Kier molecular flexibility index (Phi) is 4.55. The van der Waals surface area contributed by atoms with Gasteiger partial charge in [-0.25, -0.2) is 4.98 Å². The smallest absolute Gasteiger partial charge is 0.151 e. The summed E-state index contributed by atoms with van der Waals surface area (Å²) in [4.78, 5) is 4.35. The number of halogens is 3. The van der Waals surface area contributed by atoms with Crippen LogP contribution in [-0.4, -0.2) is 12.0 Å². The normalized spacial score (nSPS) is 10.4. The lowest BCUT2D eigenvalue weighted by Crippen LogP contribution is -2.00. The van der Waals surface area contributed by atoms with E-state index in [1.54, 1.807) is 13.1 Å². The van der Waals surface area contributed by atoms with Crippen molar-refractivity contribution in [3.8, 4) is 0 Å². The van der Waals surface area contributed by atoms with Crippen molar-refractivity contribution in [3.63, 3.8) is 0 Å². The number of hydrogen-bond donors (Lipinski definition) is 2. The van der Waals surface area contributed by atoms with E-state index in [0.29, 0.717) is 21.7 Å². The van der Waals surface area contributed by atoms with Crippen LogP contribution in [0.25, 0.3) is 0 Å². The molecule has 2 aromatic rings. The van der Waals surface area contributed by atoms with Gasteiger partial charge in [-0.2, -0.15) is 0 Å². The zero-order valence-electron chi connectivity index (χ0n) is 10.4. The van der Waals surface area contributed by atoms with Crippen LogP contribution in [0.2, 0.25) is 10.0 Å². The highest BCUT2D eigenvalue weighted by molar-refractivity contribution is 9.10. The Morgan fingerprint density at radius 1 is 1.11 bits per heavy atom. The molecule has 100 valence electrons. The van der Waals surface area contributed by atoms with Gasteiger partial charge in [-0.15, -0.1) is 0 Å². The van der Waals surface area contributed by atoms with Crippen LogP contribution in [0.15, 0.2) is 28.7 Å². The largest absolute Gasteiger partial charge is 0.372 e. The first-order valence-electron chi connectivity index (χ1n) is 5.58. The Morgan fingerprint density at radius 2 is 1.79 bits per heavy atom. The second kappa shape index (κ2) is 5.99. The van der Waals surface area contributed by atoms with Gasteiger partial charge in [0, 0.05) is 17.2 Å². The highest BCUT2D eigenvalue weighted by Gasteiger charge is 2.09. The van der Waals surface area contributed by atoms with Crippen molar-refractivity contribution in [2.24, 2.45) is 0 Å². The van der Waals surface area contributed by atoms with Crippen molar-refractivity contribution in [3.05, 3.63) is 44.3 Å². The van der Waals surface area contributed by atoms with Crippen LogP contribution in [0.5, 0.6) is 0 Å². The first-order chi connectivity index (χ1) is 9.01. The predicted octanol–water partition coefficient (Wildman–Crippen LogP) is 5.24. The lowest BCUT2D eigenvalue weighted by atomic mass is 10.2. The van der Waals surface area contributed by atoms with Gasteiger partial charge in [0.2, 0.25) is 0 Å². The zero-order valence-corrected chi connectivity index (χ0v) is 13.5. The molecule has 1 heterocycles. The number of anilines is 3. The second-order valence-electron chi connectivity index (χ2n) is 3.98. The molecule has 0 atom stereocenters. The predicted molar refractivity (Wildman–Crippen MR) is 86.0 cm³/mol. The van der Waals surface area contributed by atoms with E-state index in [1.807, 2.05) is 25.1 Å². The van der Waals surface area contributed by atoms with E-state index in [-0.39, 0.29) is 0 Å². The van der Waals surface area contributed by atoms with Crippen molar-refractivity contribution in [1.29, 1.82) is 0 Å². The fourth-order valence-electron chi connectivity index (χ4n) is 1.59. The Balaban J connectivity index is 2.40. The van der Waals surface area contributed by atoms with Gasteiger partial charge in [-0.3, -0.25) is 0 Å². The molecule has 0 aliphatic rings. The van der Waals surface area contributed by atoms with Gasteiger partial charge in [0.25, 0.3) is 0 Å². The quantitative estimate of drug-likeness (QED) is 0.785. The molecule has 1 aromatic heterocycles. The Morgan fingerprint density at radius 3 is 2.47 bits per heavy atom. The number of pyridine rings is 1. The third kappa shape index (κ3) is 3.32. The molecule has 0 fully saturated rings. The molecule has 2 rings (SSSR count). The van der Waals surface area contributed by atoms with Crippen molar-refractivity contribution in [2.75, 3.05) is 17.7 Å². The van der Waals surface area contributed by atoms with Gasteiger partial charge in [-0.05, 0) is 30.7 Å². The molecule has 1 aromatic carbocycles. The van der Waals surface area contributed by atoms with Gasteiger partial charge in [-0.1, -0.05) is 45.2 Å². The standard InChI is InChI=1S/C13H12BrCl2N3/c1-7-3-4-8(14)5-11(7)18-13-10(16)6-9(15)12(17-2)19-13/h3-6H,1-2H3,(H2,17,18,19). The molecule has 0 amide bonds. The summed E-state index contributed by atoms with van der Waals surface area (Å²) >= 11 is 15.6. The summed E-state index contributed by atoms with van der Waals surface area (Å²) < 4.78 is 0.986. The number of benzene rings is 1. The number of aromatic nitrogens is 1. The summed E-state index contributed by atoms with van der Waals surface area (Å²) in [5.41, 5.74) is 2.04. The molecule has 0 saturated carbocycles. The molecule has 0 unspecified atom stereocenters. The fraction of sp³-hybridized carbons (Fsp3) is 0.154. The van der Waals surface area contributed by atoms with Gasteiger partial charge < -0.3 is 10.6 Å². The lowest BCUT2D eigenvalue weighted by molar-refractivity contribution is 1.27. The Labute approximate surface area is 130 Å². The summed E-state index contributed by atoms with van der Waals surface area (Å²) in [6, 6.07) is 7.63. The van der Waals surface area contributed by atoms with Gasteiger partial charge in [0.1, 0.15) is 5.82 Å². The van der Waals surface area contributed by atoms with Crippen LogP contribution in [0.4, 0.5) is 17.3 Å². The minimum atomic E-state index is 0.475. The molecule has 2 N–H and O–H groups in total. The van der Waals surface area contributed by atoms with Crippen molar-refractivity contribution in [1.82, 2.24) is 4.98 Å². The number of rotatable bonds is 3. The third-order valence-electron chi connectivity index (χ3n) is 2.62. The second-order valence-corrected chi connectivity index (χ2v) is 5.71. The molecule has 3 nitrogen and oxygen atoms in total. The summed E-state index contributed by atoms with van der Waals surface area (Å²) in [5, 5.41) is 7.10. The molecule has 0 bridgehead atoms. The Bertz CT molecular complexity index is 617. The first-order valence-corrected chi connectivity index (χ1v) is 7.13. The molecule has 0 radical (unpaired) electrons. The third-order valence-corrected chi connectivity index (χ3v) is 3.69. The minimum Gasteiger partial charge on any atom is -0.372 e. The molecular formula is C13H12BrCl2N3. The van der Waals surface area contributed by atoms with Crippen molar-refractivity contribution < 1.29 is 0 Å². The zero-order chi connectivity index (χ0) is 14.0. The van der Waals surface area contributed by atoms with Crippen LogP contribution in [0, 0.1) is 6.92 Å². The topological polar surface area (TPSA) is 37.0 Å². The molecule has 0 saturated heterocycles. The van der Waals surface area contributed by atoms with E-state index < -0.39 is 0 Å². The summed E-state index contributed by atoms with van der Waals surface area (Å²) in [5.74, 6) is 1.15. The molecular weight excluding hydrogens is 349 g/mol. The number of nitrogens with one attached hydrogen (secondary N) is 2. The Hall–Kier alpha value is -0.970. The minimum absolute atomic E-state index is 0.475. The number of nitrogens with zero attached hydrogens (tertiary/aromatic N) is 1. The van der Waals surface area contributed by atoms with Gasteiger partial charge >= 0.3 is 0 Å². The van der Waals surface area contributed by atoms with Crippen LogP contribution in [0.3, 0.4) is 0 Å². The van der Waals surface area contributed by atoms with Crippen LogP contribution in [-0.2, 0) is 0 Å². The maximum Gasteiger partial charge on any atom is 0.151 e. The molecule has 19 heavy (non-hydrogen) atoms. The maximum absolute atomic E-state index is 6.15. The monoisotopic (exact) mass is 359 g/mol. The summed E-state index contributed by atoms with van der Waals surface area (Å²) in [7, 11) is 1.76.